The van der Waals surface area contributed by atoms with Crippen molar-refractivity contribution in [2.75, 3.05) is 13.1 Å². The van der Waals surface area contributed by atoms with Gasteiger partial charge in [0.25, 0.3) is 0 Å². The molecule has 2 aliphatic rings. The van der Waals surface area contributed by atoms with Gasteiger partial charge >= 0.3 is 0 Å². The lowest BCUT2D eigenvalue weighted by Crippen LogP contribution is -2.35. The molecular formula is C20H30N2. The van der Waals surface area contributed by atoms with E-state index >= 15 is 0 Å². The van der Waals surface area contributed by atoms with Crippen molar-refractivity contribution < 1.29 is 0 Å². The predicted molar refractivity (Wildman–Crippen MR) is 93.5 cm³/mol. The Hall–Kier alpha value is -1.15. The average Bonchev–Trinajstić information content (AvgIpc) is 3.07. The second-order valence-electron chi connectivity index (χ2n) is 7.26. The molecule has 0 unspecified atom stereocenters. The highest BCUT2D eigenvalue weighted by Gasteiger charge is 2.19. The summed E-state index contributed by atoms with van der Waals surface area (Å²) in [7, 11) is 0. The Morgan fingerprint density at radius 3 is 2.73 bits per heavy atom. The first-order valence-corrected chi connectivity index (χ1v) is 9.15. The van der Waals surface area contributed by atoms with Gasteiger partial charge in [-0.2, -0.15) is 0 Å². The van der Waals surface area contributed by atoms with E-state index in [1.165, 1.54) is 62.5 Å². The van der Waals surface area contributed by atoms with Gasteiger partial charge in [-0.15, -0.1) is 0 Å². The van der Waals surface area contributed by atoms with E-state index in [9.17, 15) is 0 Å². The van der Waals surface area contributed by atoms with Gasteiger partial charge in [0.2, 0.25) is 0 Å². The van der Waals surface area contributed by atoms with Crippen LogP contribution in [0, 0.1) is 17.2 Å². The first kappa shape index (κ1) is 15.7. The normalized spacial score (nSPS) is 20.7. The number of hydrogen-bond donors (Lipinski definition) is 1. The van der Waals surface area contributed by atoms with Crippen molar-refractivity contribution in [3.8, 4) is 0 Å². The van der Waals surface area contributed by atoms with E-state index in [4.69, 9.17) is 5.41 Å². The molecule has 1 saturated carbocycles. The zero-order valence-electron chi connectivity index (χ0n) is 13.8. The molecule has 0 bridgehead atoms. The summed E-state index contributed by atoms with van der Waals surface area (Å²) in [6.07, 6.45) is 12.6. The maximum atomic E-state index is 7.76. The Morgan fingerprint density at radius 1 is 1.18 bits per heavy atom. The number of nitrogens with one attached hydrogen (secondary N) is 1. The van der Waals surface area contributed by atoms with Crippen LogP contribution in [0.15, 0.2) is 24.3 Å². The van der Waals surface area contributed by atoms with Crippen molar-refractivity contribution in [2.45, 2.75) is 57.9 Å². The van der Waals surface area contributed by atoms with Crippen LogP contribution in [0.25, 0.3) is 0 Å². The molecule has 1 aliphatic heterocycles. The SMILES string of the molecule is N=C[C@@H](CCCC1CCCC1)CN1CCc2ccccc2C1. The maximum Gasteiger partial charge on any atom is 0.0236 e. The lowest BCUT2D eigenvalue weighted by atomic mass is 9.94. The minimum atomic E-state index is 0.451. The molecule has 120 valence electrons. The van der Waals surface area contributed by atoms with Crippen molar-refractivity contribution in [3.05, 3.63) is 35.4 Å². The number of benzene rings is 1. The van der Waals surface area contributed by atoms with Gasteiger partial charge in [0.15, 0.2) is 0 Å². The van der Waals surface area contributed by atoms with Gasteiger partial charge in [0.05, 0.1) is 0 Å². The summed E-state index contributed by atoms with van der Waals surface area (Å²) in [5.74, 6) is 1.44. The van der Waals surface area contributed by atoms with Gasteiger partial charge in [0, 0.05) is 25.6 Å². The number of nitrogens with zero attached hydrogens (tertiary/aromatic N) is 1. The minimum Gasteiger partial charge on any atom is -0.313 e. The molecule has 1 aromatic rings. The topological polar surface area (TPSA) is 27.1 Å². The molecule has 1 aliphatic carbocycles. The van der Waals surface area contributed by atoms with Crippen LogP contribution >= 0.6 is 0 Å². The van der Waals surface area contributed by atoms with Crippen LogP contribution in [0.3, 0.4) is 0 Å². The van der Waals surface area contributed by atoms with Crippen molar-refractivity contribution in [3.63, 3.8) is 0 Å². The molecule has 2 heteroatoms. The highest BCUT2D eigenvalue weighted by molar-refractivity contribution is 5.57. The van der Waals surface area contributed by atoms with E-state index < -0.39 is 0 Å². The fourth-order valence-corrected chi connectivity index (χ4v) is 4.24. The largest absolute Gasteiger partial charge is 0.313 e. The van der Waals surface area contributed by atoms with E-state index in [1.54, 1.807) is 6.21 Å². The molecule has 0 aromatic heterocycles. The average molecular weight is 298 g/mol. The molecule has 1 heterocycles. The Balaban J connectivity index is 1.43. The summed E-state index contributed by atoms with van der Waals surface area (Å²) in [6.45, 7) is 3.30. The molecule has 22 heavy (non-hydrogen) atoms. The summed E-state index contributed by atoms with van der Waals surface area (Å²) < 4.78 is 0. The summed E-state index contributed by atoms with van der Waals surface area (Å²) in [5, 5.41) is 7.76. The van der Waals surface area contributed by atoms with E-state index in [0.717, 1.165) is 25.6 Å². The molecule has 0 saturated heterocycles. The van der Waals surface area contributed by atoms with Crippen molar-refractivity contribution in [2.24, 2.45) is 11.8 Å². The molecule has 1 N–H and O–H groups in total. The first-order chi connectivity index (χ1) is 10.8. The summed E-state index contributed by atoms with van der Waals surface area (Å²) in [6, 6.07) is 8.83. The van der Waals surface area contributed by atoms with E-state index in [-0.39, 0.29) is 0 Å². The molecule has 1 fully saturated rings. The van der Waals surface area contributed by atoms with Gasteiger partial charge in [-0.1, -0.05) is 62.8 Å². The highest BCUT2D eigenvalue weighted by atomic mass is 15.1. The van der Waals surface area contributed by atoms with Crippen LogP contribution in [0.2, 0.25) is 0 Å². The predicted octanol–water partition coefficient (Wildman–Crippen LogP) is 4.67. The van der Waals surface area contributed by atoms with Gasteiger partial charge in [0.1, 0.15) is 0 Å². The Labute approximate surface area is 135 Å². The van der Waals surface area contributed by atoms with Crippen LogP contribution in [0.1, 0.15) is 56.1 Å². The van der Waals surface area contributed by atoms with Gasteiger partial charge in [-0.3, -0.25) is 4.90 Å². The second-order valence-corrected chi connectivity index (χ2v) is 7.26. The highest BCUT2D eigenvalue weighted by Crippen LogP contribution is 2.29. The van der Waals surface area contributed by atoms with Gasteiger partial charge < -0.3 is 5.41 Å². The number of rotatable bonds is 7. The fourth-order valence-electron chi connectivity index (χ4n) is 4.24. The van der Waals surface area contributed by atoms with Crippen molar-refractivity contribution in [1.29, 1.82) is 5.41 Å². The monoisotopic (exact) mass is 298 g/mol. The standard InChI is InChI=1S/C20H30N2/c21-14-18(9-5-8-17-6-1-2-7-17)15-22-13-12-19-10-3-4-11-20(19)16-22/h3-4,10-11,14,17-18,21H,1-2,5-9,12-13,15-16H2/t18-/m1/s1. The quantitative estimate of drug-likeness (QED) is 0.728. The summed E-state index contributed by atoms with van der Waals surface area (Å²) in [4.78, 5) is 2.55. The Bertz CT molecular complexity index is 476. The first-order valence-electron chi connectivity index (χ1n) is 9.15. The van der Waals surface area contributed by atoms with E-state index in [0.29, 0.717) is 5.92 Å². The third-order valence-corrected chi connectivity index (χ3v) is 5.60. The molecule has 0 amide bonds. The Morgan fingerprint density at radius 2 is 1.95 bits per heavy atom. The Kier molecular flexibility index (Phi) is 5.66. The molecule has 0 radical (unpaired) electrons. The van der Waals surface area contributed by atoms with Crippen LogP contribution < -0.4 is 0 Å². The molecule has 1 aromatic carbocycles. The molecular weight excluding hydrogens is 268 g/mol. The van der Waals surface area contributed by atoms with E-state index in [1.807, 2.05) is 0 Å². The van der Waals surface area contributed by atoms with Crippen LogP contribution in [-0.4, -0.2) is 24.2 Å². The minimum absolute atomic E-state index is 0.451. The van der Waals surface area contributed by atoms with Crippen molar-refractivity contribution in [1.82, 2.24) is 4.90 Å². The maximum absolute atomic E-state index is 7.76. The lowest BCUT2D eigenvalue weighted by Gasteiger charge is -2.30. The zero-order valence-corrected chi connectivity index (χ0v) is 13.8. The smallest absolute Gasteiger partial charge is 0.0236 e. The third-order valence-electron chi connectivity index (χ3n) is 5.60. The number of hydrogen-bond acceptors (Lipinski definition) is 2. The molecule has 2 nitrogen and oxygen atoms in total. The molecule has 3 rings (SSSR count). The molecule has 1 atom stereocenters. The summed E-state index contributed by atoms with van der Waals surface area (Å²) in [5.41, 5.74) is 3.01. The van der Waals surface area contributed by atoms with Crippen molar-refractivity contribution >= 4 is 6.21 Å². The summed E-state index contributed by atoms with van der Waals surface area (Å²) >= 11 is 0. The van der Waals surface area contributed by atoms with Crippen LogP contribution in [-0.2, 0) is 13.0 Å². The van der Waals surface area contributed by atoms with Gasteiger partial charge in [-0.05, 0) is 36.1 Å². The number of fused-ring (bicyclic) bond motifs is 1. The zero-order chi connectivity index (χ0) is 15.2. The van der Waals surface area contributed by atoms with Crippen LogP contribution in [0.4, 0.5) is 0 Å². The third kappa shape index (κ3) is 4.19. The van der Waals surface area contributed by atoms with Crippen LogP contribution in [0.5, 0.6) is 0 Å². The van der Waals surface area contributed by atoms with E-state index in [2.05, 4.69) is 29.2 Å². The molecule has 0 spiro atoms. The fraction of sp³-hybridized carbons (Fsp3) is 0.650. The van der Waals surface area contributed by atoms with Gasteiger partial charge in [-0.25, -0.2) is 0 Å². The lowest BCUT2D eigenvalue weighted by molar-refractivity contribution is 0.230. The second kappa shape index (κ2) is 7.92.